The SMILES string of the molecule is CN(CC(=O)Nc1nncs1)C(=O)c1ccccc1. The lowest BCUT2D eigenvalue weighted by molar-refractivity contribution is -0.116. The number of rotatable bonds is 4. The highest BCUT2D eigenvalue weighted by Crippen LogP contribution is 2.08. The second kappa shape index (κ2) is 6.05. The van der Waals surface area contributed by atoms with Crippen molar-refractivity contribution in [2.45, 2.75) is 0 Å². The molecule has 1 N–H and O–H groups in total. The van der Waals surface area contributed by atoms with Gasteiger partial charge in [-0.25, -0.2) is 0 Å². The smallest absolute Gasteiger partial charge is 0.254 e. The van der Waals surface area contributed by atoms with Crippen molar-refractivity contribution in [2.75, 3.05) is 18.9 Å². The van der Waals surface area contributed by atoms with Gasteiger partial charge in [0.2, 0.25) is 11.0 Å². The number of anilines is 1. The Morgan fingerprint density at radius 2 is 2.05 bits per heavy atom. The van der Waals surface area contributed by atoms with Crippen LogP contribution in [-0.4, -0.2) is 40.5 Å². The van der Waals surface area contributed by atoms with Crippen LogP contribution < -0.4 is 5.32 Å². The van der Waals surface area contributed by atoms with Crippen LogP contribution in [0.3, 0.4) is 0 Å². The Labute approximate surface area is 114 Å². The van der Waals surface area contributed by atoms with Crippen molar-refractivity contribution in [1.29, 1.82) is 0 Å². The average molecular weight is 276 g/mol. The molecule has 0 atom stereocenters. The molecule has 2 aromatic rings. The maximum atomic E-state index is 12.0. The number of aromatic nitrogens is 2. The fourth-order valence-electron chi connectivity index (χ4n) is 1.47. The summed E-state index contributed by atoms with van der Waals surface area (Å²) in [6.45, 7) is -0.0344. The lowest BCUT2D eigenvalue weighted by Crippen LogP contribution is -2.34. The van der Waals surface area contributed by atoms with E-state index in [4.69, 9.17) is 0 Å². The van der Waals surface area contributed by atoms with Crippen LogP contribution in [0.25, 0.3) is 0 Å². The molecule has 7 heteroatoms. The topological polar surface area (TPSA) is 75.2 Å². The summed E-state index contributed by atoms with van der Waals surface area (Å²) >= 11 is 1.23. The van der Waals surface area contributed by atoms with Gasteiger partial charge in [0.1, 0.15) is 5.51 Å². The van der Waals surface area contributed by atoms with Gasteiger partial charge in [-0.15, -0.1) is 10.2 Å². The van der Waals surface area contributed by atoms with Gasteiger partial charge in [0, 0.05) is 12.6 Å². The fraction of sp³-hybridized carbons (Fsp3) is 0.167. The van der Waals surface area contributed by atoms with Gasteiger partial charge in [0.05, 0.1) is 6.54 Å². The molecule has 0 spiro atoms. The Hall–Kier alpha value is -2.28. The average Bonchev–Trinajstić information content (AvgIpc) is 2.91. The predicted octanol–water partition coefficient (Wildman–Crippen LogP) is 1.25. The summed E-state index contributed by atoms with van der Waals surface area (Å²) in [5, 5.41) is 10.3. The van der Waals surface area contributed by atoms with Gasteiger partial charge in [-0.1, -0.05) is 29.5 Å². The minimum atomic E-state index is -0.302. The molecule has 2 amide bonds. The molecule has 0 radical (unpaired) electrons. The van der Waals surface area contributed by atoms with Crippen LogP contribution in [0.4, 0.5) is 5.13 Å². The molecule has 0 saturated carbocycles. The Kier molecular flexibility index (Phi) is 4.19. The molecule has 1 aromatic heterocycles. The van der Waals surface area contributed by atoms with Gasteiger partial charge in [-0.3, -0.25) is 14.9 Å². The first-order chi connectivity index (χ1) is 9.16. The van der Waals surface area contributed by atoms with Crippen LogP contribution in [-0.2, 0) is 4.79 Å². The Bertz CT molecular complexity index is 556. The zero-order valence-electron chi connectivity index (χ0n) is 10.2. The van der Waals surface area contributed by atoms with Gasteiger partial charge in [-0.2, -0.15) is 0 Å². The first-order valence-corrected chi connectivity index (χ1v) is 6.41. The molecular formula is C12H12N4O2S. The Morgan fingerprint density at radius 3 is 2.68 bits per heavy atom. The van der Waals surface area contributed by atoms with Gasteiger partial charge in [0.15, 0.2) is 0 Å². The van der Waals surface area contributed by atoms with Crippen molar-refractivity contribution in [3.05, 3.63) is 41.4 Å². The van der Waals surface area contributed by atoms with E-state index in [0.717, 1.165) is 0 Å². The standard InChI is InChI=1S/C12H12N4O2S/c1-16(11(18)9-5-3-2-4-6-9)7-10(17)14-12-15-13-8-19-12/h2-6,8H,7H2,1H3,(H,14,15,17). The monoisotopic (exact) mass is 276 g/mol. The Balaban J connectivity index is 1.92. The van der Waals surface area contributed by atoms with Gasteiger partial charge >= 0.3 is 0 Å². The maximum absolute atomic E-state index is 12.0. The zero-order valence-corrected chi connectivity index (χ0v) is 11.1. The third-order valence-corrected chi connectivity index (χ3v) is 2.96. The van der Waals surface area contributed by atoms with Crippen molar-refractivity contribution < 1.29 is 9.59 Å². The third kappa shape index (κ3) is 3.59. The molecule has 0 fully saturated rings. The van der Waals surface area contributed by atoms with E-state index in [-0.39, 0.29) is 18.4 Å². The molecule has 1 aromatic carbocycles. The molecular weight excluding hydrogens is 264 g/mol. The van der Waals surface area contributed by atoms with E-state index in [1.54, 1.807) is 31.3 Å². The number of hydrogen-bond donors (Lipinski definition) is 1. The normalized spacial score (nSPS) is 9.95. The highest BCUT2D eigenvalue weighted by molar-refractivity contribution is 7.13. The van der Waals surface area contributed by atoms with E-state index in [2.05, 4.69) is 15.5 Å². The lowest BCUT2D eigenvalue weighted by Gasteiger charge is -2.16. The molecule has 6 nitrogen and oxygen atoms in total. The summed E-state index contributed by atoms with van der Waals surface area (Å²) in [5.41, 5.74) is 2.07. The van der Waals surface area contributed by atoms with Gasteiger partial charge in [0.25, 0.3) is 5.91 Å². The summed E-state index contributed by atoms with van der Waals surface area (Å²) < 4.78 is 0. The number of amides is 2. The minimum absolute atomic E-state index is 0.0344. The molecule has 0 aliphatic heterocycles. The van der Waals surface area contributed by atoms with E-state index >= 15 is 0 Å². The van der Waals surface area contributed by atoms with Crippen LogP contribution in [0.15, 0.2) is 35.8 Å². The molecule has 0 aliphatic carbocycles. The molecule has 0 aliphatic rings. The summed E-state index contributed by atoms with van der Waals surface area (Å²) in [7, 11) is 1.58. The first-order valence-electron chi connectivity index (χ1n) is 5.53. The number of hydrogen-bond acceptors (Lipinski definition) is 5. The van der Waals surface area contributed by atoms with Crippen molar-refractivity contribution in [2.24, 2.45) is 0 Å². The minimum Gasteiger partial charge on any atom is -0.332 e. The molecule has 0 bridgehead atoms. The van der Waals surface area contributed by atoms with E-state index in [1.807, 2.05) is 6.07 Å². The van der Waals surface area contributed by atoms with Crippen LogP contribution in [0, 0.1) is 0 Å². The third-order valence-electron chi connectivity index (χ3n) is 2.35. The number of benzene rings is 1. The predicted molar refractivity (Wildman–Crippen MR) is 71.9 cm³/mol. The summed E-state index contributed by atoms with van der Waals surface area (Å²) in [4.78, 5) is 25.0. The van der Waals surface area contributed by atoms with Crippen molar-refractivity contribution in [3.63, 3.8) is 0 Å². The van der Waals surface area contributed by atoms with Crippen LogP contribution in [0.2, 0.25) is 0 Å². The van der Waals surface area contributed by atoms with E-state index in [9.17, 15) is 9.59 Å². The lowest BCUT2D eigenvalue weighted by atomic mass is 10.2. The van der Waals surface area contributed by atoms with Gasteiger partial charge < -0.3 is 4.90 Å². The van der Waals surface area contributed by atoms with Crippen molar-refractivity contribution in [1.82, 2.24) is 15.1 Å². The molecule has 0 saturated heterocycles. The second-order valence-electron chi connectivity index (χ2n) is 3.82. The largest absolute Gasteiger partial charge is 0.332 e. The molecule has 1 heterocycles. The van der Waals surface area contributed by atoms with Crippen LogP contribution in [0.1, 0.15) is 10.4 Å². The summed E-state index contributed by atoms with van der Waals surface area (Å²) in [6, 6.07) is 8.81. The molecule has 2 rings (SSSR count). The molecule has 98 valence electrons. The highest BCUT2D eigenvalue weighted by atomic mass is 32.1. The fourth-order valence-corrected chi connectivity index (χ4v) is 1.94. The number of nitrogens with zero attached hydrogens (tertiary/aromatic N) is 3. The quantitative estimate of drug-likeness (QED) is 0.912. The maximum Gasteiger partial charge on any atom is 0.254 e. The van der Waals surface area contributed by atoms with Gasteiger partial charge in [-0.05, 0) is 12.1 Å². The number of nitrogens with one attached hydrogen (secondary N) is 1. The van der Waals surface area contributed by atoms with Crippen LogP contribution in [0.5, 0.6) is 0 Å². The highest BCUT2D eigenvalue weighted by Gasteiger charge is 2.15. The van der Waals surface area contributed by atoms with Crippen LogP contribution >= 0.6 is 11.3 Å². The molecule has 19 heavy (non-hydrogen) atoms. The summed E-state index contributed by atoms with van der Waals surface area (Å²) in [5.74, 6) is -0.503. The number of carbonyl (C=O) groups is 2. The van der Waals surface area contributed by atoms with Crippen molar-refractivity contribution in [3.8, 4) is 0 Å². The second-order valence-corrected chi connectivity index (χ2v) is 4.65. The number of carbonyl (C=O) groups excluding carboxylic acids is 2. The number of likely N-dealkylation sites (N-methyl/N-ethyl adjacent to an activating group) is 1. The van der Waals surface area contributed by atoms with E-state index < -0.39 is 0 Å². The Morgan fingerprint density at radius 1 is 1.32 bits per heavy atom. The first kappa shape index (κ1) is 13.2. The van der Waals surface area contributed by atoms with E-state index in [1.165, 1.54) is 21.7 Å². The molecule has 0 unspecified atom stereocenters. The van der Waals surface area contributed by atoms with Crippen molar-refractivity contribution >= 4 is 28.3 Å². The summed E-state index contributed by atoms with van der Waals surface area (Å²) in [6.07, 6.45) is 0. The van der Waals surface area contributed by atoms with E-state index in [0.29, 0.717) is 10.7 Å². The zero-order chi connectivity index (χ0) is 13.7.